The molecule has 0 fully saturated rings. The van der Waals surface area contributed by atoms with Crippen LogP contribution in [0, 0.1) is 11.3 Å². The maximum Gasteiger partial charge on any atom is 0.339 e. The third-order valence-corrected chi connectivity index (χ3v) is 5.94. The van der Waals surface area contributed by atoms with E-state index in [1.807, 2.05) is 12.1 Å². The molecule has 3 aromatic rings. The van der Waals surface area contributed by atoms with Crippen LogP contribution in [0.5, 0.6) is 0 Å². The Morgan fingerprint density at radius 1 is 1.04 bits per heavy atom. The fourth-order valence-electron chi connectivity index (χ4n) is 2.23. The van der Waals surface area contributed by atoms with Gasteiger partial charge in [-0.15, -0.1) is 11.3 Å². The maximum absolute atomic E-state index is 12.5. The van der Waals surface area contributed by atoms with Gasteiger partial charge in [-0.05, 0) is 36.4 Å². The van der Waals surface area contributed by atoms with Gasteiger partial charge in [0.2, 0.25) is 5.78 Å². The van der Waals surface area contributed by atoms with Crippen LogP contribution < -0.4 is 0 Å². The summed E-state index contributed by atoms with van der Waals surface area (Å²) in [5.74, 6) is -0.899. The predicted molar refractivity (Wildman–Crippen MR) is 106 cm³/mol. The van der Waals surface area contributed by atoms with Crippen LogP contribution in [-0.4, -0.2) is 18.4 Å². The van der Waals surface area contributed by atoms with Crippen LogP contribution >= 0.6 is 34.7 Å². The lowest BCUT2D eigenvalue weighted by Gasteiger charge is -2.09. The molecule has 27 heavy (non-hydrogen) atoms. The van der Waals surface area contributed by atoms with E-state index in [4.69, 9.17) is 16.3 Å². The van der Waals surface area contributed by atoms with E-state index in [2.05, 4.69) is 6.07 Å². The number of hydrogen-bond donors (Lipinski definition) is 0. The lowest BCUT2D eigenvalue weighted by Crippen LogP contribution is -2.14. The second-order valence-electron chi connectivity index (χ2n) is 5.31. The molecule has 0 saturated carbocycles. The lowest BCUT2D eigenvalue weighted by molar-refractivity contribution is 0.0472. The molecule has 2 aromatic carbocycles. The zero-order valence-corrected chi connectivity index (χ0v) is 16.2. The molecule has 0 bridgehead atoms. The molecule has 1 aromatic heterocycles. The van der Waals surface area contributed by atoms with Gasteiger partial charge in [-0.2, -0.15) is 5.26 Å². The van der Waals surface area contributed by atoms with Crippen molar-refractivity contribution >= 4 is 46.5 Å². The van der Waals surface area contributed by atoms with Gasteiger partial charge in [0.15, 0.2) is 6.61 Å². The summed E-state index contributed by atoms with van der Waals surface area (Å²) in [6.45, 7) is -0.358. The largest absolute Gasteiger partial charge is 0.454 e. The molecule has 0 atom stereocenters. The number of Topliss-reactive ketones (excluding diaryl/α,β-unsaturated/α-hetero) is 1. The number of carbonyl (C=O) groups is 2. The molecule has 7 heteroatoms. The lowest BCUT2D eigenvalue weighted by atomic mass is 10.2. The number of ketones is 1. The molecule has 4 nitrogen and oxygen atoms in total. The average Bonchev–Trinajstić information content (AvgIpc) is 3.13. The average molecular weight is 414 g/mol. The summed E-state index contributed by atoms with van der Waals surface area (Å²) in [6.07, 6.45) is 0. The van der Waals surface area contributed by atoms with Gasteiger partial charge in [0.1, 0.15) is 6.07 Å². The summed E-state index contributed by atoms with van der Waals surface area (Å²) in [5.41, 5.74) is 0.864. The van der Waals surface area contributed by atoms with Crippen LogP contribution in [0.1, 0.15) is 25.6 Å². The van der Waals surface area contributed by atoms with E-state index in [1.54, 1.807) is 48.5 Å². The van der Waals surface area contributed by atoms with Crippen molar-refractivity contribution in [2.24, 2.45) is 0 Å². The molecular weight excluding hydrogens is 402 g/mol. The van der Waals surface area contributed by atoms with Crippen molar-refractivity contribution in [1.29, 1.82) is 5.26 Å². The van der Waals surface area contributed by atoms with Gasteiger partial charge in [-0.25, -0.2) is 4.79 Å². The molecule has 0 spiro atoms. The van der Waals surface area contributed by atoms with Crippen molar-refractivity contribution in [1.82, 2.24) is 0 Å². The van der Waals surface area contributed by atoms with Crippen LogP contribution in [0.3, 0.4) is 0 Å². The molecule has 0 amide bonds. The summed E-state index contributed by atoms with van der Waals surface area (Å²) in [7, 11) is 0. The first-order chi connectivity index (χ1) is 13.1. The minimum absolute atomic E-state index is 0.305. The van der Waals surface area contributed by atoms with Gasteiger partial charge >= 0.3 is 5.97 Å². The number of rotatable bonds is 6. The van der Waals surface area contributed by atoms with E-state index >= 15 is 0 Å². The Labute approximate surface area is 169 Å². The Balaban J connectivity index is 1.74. The van der Waals surface area contributed by atoms with Crippen LogP contribution in [0.4, 0.5) is 0 Å². The highest BCUT2D eigenvalue weighted by atomic mass is 35.5. The fraction of sp³-hybridized carbons (Fsp3) is 0.0500. The summed E-state index contributed by atoms with van der Waals surface area (Å²) in [6, 6.07) is 19.4. The molecule has 0 unspecified atom stereocenters. The fourth-order valence-corrected chi connectivity index (χ4v) is 4.22. The molecule has 0 aliphatic carbocycles. The van der Waals surface area contributed by atoms with E-state index in [0.717, 1.165) is 16.2 Å². The molecular formula is C20H12ClNO3S2. The summed E-state index contributed by atoms with van der Waals surface area (Å²) < 4.78 is 5.69. The van der Waals surface area contributed by atoms with Crippen molar-refractivity contribution in [3.05, 3.63) is 81.0 Å². The van der Waals surface area contributed by atoms with Crippen molar-refractivity contribution in [3.63, 3.8) is 0 Å². The summed E-state index contributed by atoms with van der Waals surface area (Å²) in [5, 5.41) is 9.23. The Kier molecular flexibility index (Phi) is 6.30. The van der Waals surface area contributed by atoms with Crippen LogP contribution in [0.2, 0.25) is 4.34 Å². The molecule has 1 heterocycles. The summed E-state index contributed by atoms with van der Waals surface area (Å²) >= 11 is 8.26. The number of ether oxygens (including phenoxy) is 1. The normalized spacial score (nSPS) is 10.2. The number of halogens is 1. The van der Waals surface area contributed by atoms with E-state index in [1.165, 1.54) is 11.8 Å². The minimum atomic E-state index is -0.594. The monoisotopic (exact) mass is 413 g/mol. The zero-order chi connectivity index (χ0) is 19.2. The highest BCUT2D eigenvalue weighted by Gasteiger charge is 2.17. The van der Waals surface area contributed by atoms with Gasteiger partial charge in [0.25, 0.3) is 0 Å². The molecule has 0 saturated heterocycles. The topological polar surface area (TPSA) is 67.2 Å². The number of hydrogen-bond acceptors (Lipinski definition) is 6. The van der Waals surface area contributed by atoms with Crippen molar-refractivity contribution in [2.45, 2.75) is 9.79 Å². The summed E-state index contributed by atoms with van der Waals surface area (Å²) in [4.78, 5) is 26.4. The third kappa shape index (κ3) is 4.77. The van der Waals surface area contributed by atoms with E-state index in [9.17, 15) is 14.9 Å². The van der Waals surface area contributed by atoms with Gasteiger partial charge in [-0.1, -0.05) is 47.6 Å². The van der Waals surface area contributed by atoms with Gasteiger partial charge in [0.05, 0.1) is 20.3 Å². The van der Waals surface area contributed by atoms with Crippen LogP contribution in [0.15, 0.2) is 70.5 Å². The molecule has 0 aliphatic heterocycles. The highest BCUT2D eigenvalue weighted by Crippen LogP contribution is 2.33. The number of benzene rings is 2. The number of nitrogens with zero attached hydrogens (tertiary/aromatic N) is 1. The molecule has 134 valence electrons. The van der Waals surface area contributed by atoms with Gasteiger partial charge in [0, 0.05) is 9.79 Å². The van der Waals surface area contributed by atoms with Crippen molar-refractivity contribution in [2.75, 3.05) is 6.61 Å². The Bertz CT molecular complexity index is 1040. The molecule has 0 N–H and O–H groups in total. The number of nitriles is 1. The first kappa shape index (κ1) is 19.2. The SMILES string of the molecule is N#Cc1ccccc1Sc1ccccc1C(=O)OCC(=O)c1ccc(Cl)s1. The molecule has 0 radical (unpaired) electrons. The Morgan fingerprint density at radius 2 is 1.74 bits per heavy atom. The number of esters is 1. The Hall–Kier alpha value is -2.59. The van der Waals surface area contributed by atoms with Crippen molar-refractivity contribution < 1.29 is 14.3 Å². The minimum Gasteiger partial charge on any atom is -0.454 e. The molecule has 3 rings (SSSR count). The van der Waals surface area contributed by atoms with Gasteiger partial charge < -0.3 is 4.74 Å². The maximum atomic E-state index is 12.5. The molecule has 0 aliphatic rings. The van der Waals surface area contributed by atoms with Crippen LogP contribution in [-0.2, 0) is 4.74 Å². The Morgan fingerprint density at radius 3 is 2.44 bits per heavy atom. The first-order valence-electron chi connectivity index (χ1n) is 7.80. The van der Waals surface area contributed by atoms with E-state index < -0.39 is 5.97 Å². The second kappa shape index (κ2) is 8.87. The second-order valence-corrected chi connectivity index (χ2v) is 8.11. The quantitative estimate of drug-likeness (QED) is 0.396. The van der Waals surface area contributed by atoms with Crippen molar-refractivity contribution in [3.8, 4) is 6.07 Å². The van der Waals surface area contributed by atoms with E-state index in [0.29, 0.717) is 25.2 Å². The third-order valence-electron chi connectivity index (χ3n) is 3.52. The smallest absolute Gasteiger partial charge is 0.339 e. The van der Waals surface area contributed by atoms with E-state index in [-0.39, 0.29) is 12.4 Å². The number of carbonyl (C=O) groups excluding carboxylic acids is 2. The number of thiophene rings is 1. The van der Waals surface area contributed by atoms with Crippen LogP contribution in [0.25, 0.3) is 0 Å². The first-order valence-corrected chi connectivity index (χ1v) is 9.81. The highest BCUT2D eigenvalue weighted by molar-refractivity contribution is 7.99. The zero-order valence-electron chi connectivity index (χ0n) is 13.8. The van der Waals surface area contributed by atoms with Gasteiger partial charge in [-0.3, -0.25) is 4.79 Å². The predicted octanol–water partition coefficient (Wildman–Crippen LogP) is 5.46. The standard InChI is InChI=1S/C20H12ClNO3S2/c21-19-10-9-18(27-19)15(23)12-25-20(24)14-6-2-4-8-17(14)26-16-7-3-1-5-13(16)11-22/h1-10H,12H2.